The molecule has 2 aromatic rings. The molecule has 2 heterocycles. The Morgan fingerprint density at radius 2 is 1.79 bits per heavy atom. The fourth-order valence-corrected chi connectivity index (χ4v) is 4.47. The van der Waals surface area contributed by atoms with Crippen LogP contribution in [0.4, 0.5) is 5.69 Å². The number of aromatic nitrogens is 1. The third kappa shape index (κ3) is 4.08. The second-order valence-electron chi connectivity index (χ2n) is 8.29. The first kappa shape index (κ1) is 19.7. The van der Waals surface area contributed by atoms with Crippen molar-refractivity contribution in [3.8, 4) is 5.69 Å². The Balaban J connectivity index is 1.73. The molecule has 0 spiro atoms. The van der Waals surface area contributed by atoms with E-state index in [1.54, 1.807) is 21.9 Å². The van der Waals surface area contributed by atoms with Gasteiger partial charge in [0.15, 0.2) is 0 Å². The van der Waals surface area contributed by atoms with Gasteiger partial charge in [-0.3, -0.25) is 4.79 Å². The molecule has 1 aliphatic heterocycles. The highest BCUT2D eigenvalue weighted by Crippen LogP contribution is 2.35. The van der Waals surface area contributed by atoms with Gasteiger partial charge in [0.25, 0.3) is 0 Å². The predicted molar refractivity (Wildman–Crippen MR) is 111 cm³/mol. The van der Waals surface area contributed by atoms with Gasteiger partial charge >= 0.3 is 5.97 Å². The zero-order valence-corrected chi connectivity index (χ0v) is 16.8. The Labute approximate surface area is 171 Å². The quantitative estimate of drug-likeness (QED) is 0.825. The normalized spacial score (nSPS) is 24.4. The van der Waals surface area contributed by atoms with Crippen molar-refractivity contribution >= 4 is 17.6 Å². The number of carbonyl (C=O) groups excluding carboxylic acids is 1. The van der Waals surface area contributed by atoms with Gasteiger partial charge in [-0.25, -0.2) is 4.79 Å². The topological polar surface area (TPSA) is 71.8 Å². The number of carboxylic acid groups (broad SMARTS) is 1. The van der Waals surface area contributed by atoms with Crippen LogP contribution in [0, 0.1) is 11.8 Å². The van der Waals surface area contributed by atoms with Crippen LogP contribution in [0.1, 0.15) is 49.4 Å². The van der Waals surface area contributed by atoms with Crippen molar-refractivity contribution in [1.29, 1.82) is 0 Å². The van der Waals surface area contributed by atoms with Crippen LogP contribution >= 0.6 is 0 Å². The van der Waals surface area contributed by atoms with E-state index in [9.17, 15) is 14.7 Å². The Bertz CT molecular complexity index is 862. The molecular weight excluding hydrogens is 368 g/mol. The van der Waals surface area contributed by atoms with E-state index in [0.717, 1.165) is 37.8 Å². The maximum atomic E-state index is 13.6. The number of hydrogen-bond acceptors (Lipinski definition) is 3. The summed E-state index contributed by atoms with van der Waals surface area (Å²) in [6.45, 7) is 3.27. The first-order valence-corrected chi connectivity index (χ1v) is 10.5. The monoisotopic (exact) mass is 396 g/mol. The number of amides is 1. The first-order chi connectivity index (χ1) is 14.0. The van der Waals surface area contributed by atoms with Crippen molar-refractivity contribution in [3.63, 3.8) is 0 Å². The summed E-state index contributed by atoms with van der Waals surface area (Å²) in [4.78, 5) is 27.4. The van der Waals surface area contributed by atoms with Crippen molar-refractivity contribution < 1.29 is 19.4 Å². The lowest BCUT2D eigenvalue weighted by atomic mass is 9.82. The third-order valence-corrected chi connectivity index (χ3v) is 6.22. The first-order valence-electron chi connectivity index (χ1n) is 10.5. The van der Waals surface area contributed by atoms with Crippen LogP contribution in [0.5, 0.6) is 0 Å². The predicted octanol–water partition coefficient (Wildman–Crippen LogP) is 4.12. The minimum Gasteiger partial charge on any atom is -0.478 e. The highest BCUT2D eigenvalue weighted by molar-refractivity contribution is 6.03. The number of carbonyl (C=O) groups is 2. The molecule has 4 rings (SSSR count). The maximum absolute atomic E-state index is 13.6. The number of aromatic carboxylic acids is 1. The van der Waals surface area contributed by atoms with Gasteiger partial charge in [-0.15, -0.1) is 0 Å². The molecule has 1 saturated carbocycles. The molecule has 1 unspecified atom stereocenters. The van der Waals surface area contributed by atoms with E-state index < -0.39 is 5.97 Å². The molecule has 1 aliphatic carbocycles. The summed E-state index contributed by atoms with van der Waals surface area (Å²) >= 11 is 0. The van der Waals surface area contributed by atoms with E-state index in [4.69, 9.17) is 4.74 Å². The highest BCUT2D eigenvalue weighted by Gasteiger charge is 2.37. The summed E-state index contributed by atoms with van der Waals surface area (Å²) in [6, 6.07) is 9.46. The van der Waals surface area contributed by atoms with Crippen molar-refractivity contribution in [2.45, 2.75) is 45.1 Å². The lowest BCUT2D eigenvalue weighted by Crippen LogP contribution is -2.45. The van der Waals surface area contributed by atoms with Crippen molar-refractivity contribution in [2.24, 2.45) is 11.8 Å². The summed E-state index contributed by atoms with van der Waals surface area (Å²) < 4.78 is 7.35. The van der Waals surface area contributed by atoms with Gasteiger partial charge in [0.1, 0.15) is 5.56 Å². The van der Waals surface area contributed by atoms with Crippen LogP contribution in [0.25, 0.3) is 5.69 Å². The Kier molecular flexibility index (Phi) is 5.72. The van der Waals surface area contributed by atoms with Crippen LogP contribution in [0.2, 0.25) is 0 Å². The number of ether oxygens (including phenoxy) is 1. The van der Waals surface area contributed by atoms with E-state index in [1.165, 1.54) is 0 Å². The summed E-state index contributed by atoms with van der Waals surface area (Å²) in [5.74, 6) is -0.381. The maximum Gasteiger partial charge on any atom is 0.339 e. The van der Waals surface area contributed by atoms with Gasteiger partial charge in [0, 0.05) is 30.6 Å². The third-order valence-electron chi connectivity index (χ3n) is 6.22. The molecule has 29 heavy (non-hydrogen) atoms. The van der Waals surface area contributed by atoms with Gasteiger partial charge in [-0.05, 0) is 50.2 Å². The molecule has 1 saturated heterocycles. The van der Waals surface area contributed by atoms with Gasteiger partial charge in [-0.1, -0.05) is 25.1 Å². The molecule has 6 nitrogen and oxygen atoms in total. The number of carboxylic acids is 1. The zero-order chi connectivity index (χ0) is 20.4. The van der Waals surface area contributed by atoms with Gasteiger partial charge in [0.2, 0.25) is 5.91 Å². The summed E-state index contributed by atoms with van der Waals surface area (Å²) in [5.41, 5.74) is 1.49. The second kappa shape index (κ2) is 8.41. The molecule has 1 N–H and O–H groups in total. The number of benzene rings is 1. The summed E-state index contributed by atoms with van der Waals surface area (Å²) in [5, 5.41) is 9.86. The SMILES string of the molecule is C[C@H]1CC[C@H](C(=O)N(c2cn(-c3ccccc3)cc2C(=O)O)C2CCOC2)CC1. The molecule has 154 valence electrons. The molecule has 1 aromatic heterocycles. The Morgan fingerprint density at radius 1 is 1.07 bits per heavy atom. The highest BCUT2D eigenvalue weighted by atomic mass is 16.5. The summed E-state index contributed by atoms with van der Waals surface area (Å²) in [6.07, 6.45) is 7.93. The largest absolute Gasteiger partial charge is 0.478 e. The molecule has 2 aliphatic rings. The van der Waals surface area contributed by atoms with Crippen molar-refractivity contribution in [1.82, 2.24) is 4.57 Å². The van der Waals surface area contributed by atoms with Crippen LogP contribution in [0.3, 0.4) is 0 Å². The van der Waals surface area contributed by atoms with Gasteiger partial charge in [-0.2, -0.15) is 0 Å². The smallest absolute Gasteiger partial charge is 0.339 e. The van der Waals surface area contributed by atoms with Crippen molar-refractivity contribution in [2.75, 3.05) is 18.1 Å². The molecule has 1 amide bonds. The second-order valence-corrected chi connectivity index (χ2v) is 8.29. The van der Waals surface area contributed by atoms with E-state index >= 15 is 0 Å². The average molecular weight is 396 g/mol. The molecule has 1 atom stereocenters. The number of para-hydroxylation sites is 1. The number of anilines is 1. The fraction of sp³-hybridized carbons (Fsp3) is 0.478. The van der Waals surface area contributed by atoms with Crippen LogP contribution < -0.4 is 4.90 Å². The van der Waals surface area contributed by atoms with E-state index in [-0.39, 0.29) is 23.4 Å². The lowest BCUT2D eigenvalue weighted by molar-refractivity contribution is -0.124. The molecule has 0 bridgehead atoms. The molecule has 2 fully saturated rings. The Morgan fingerprint density at radius 3 is 2.41 bits per heavy atom. The molecular formula is C23H28N2O4. The fourth-order valence-electron chi connectivity index (χ4n) is 4.47. The minimum atomic E-state index is -1.02. The van der Waals surface area contributed by atoms with Gasteiger partial charge in [0.05, 0.1) is 18.3 Å². The van der Waals surface area contributed by atoms with Crippen LogP contribution in [-0.4, -0.2) is 40.8 Å². The minimum absolute atomic E-state index is 0.0423. The Hall–Kier alpha value is -2.60. The van der Waals surface area contributed by atoms with E-state index in [1.807, 2.05) is 30.3 Å². The number of nitrogens with zero attached hydrogens (tertiary/aromatic N) is 2. The lowest BCUT2D eigenvalue weighted by Gasteiger charge is -2.34. The molecule has 6 heteroatoms. The van der Waals surface area contributed by atoms with E-state index in [2.05, 4.69) is 6.92 Å². The van der Waals surface area contributed by atoms with E-state index in [0.29, 0.717) is 24.8 Å². The average Bonchev–Trinajstić information content (AvgIpc) is 3.40. The zero-order valence-electron chi connectivity index (χ0n) is 16.8. The number of hydrogen-bond donors (Lipinski definition) is 1. The van der Waals surface area contributed by atoms with Crippen LogP contribution in [0.15, 0.2) is 42.7 Å². The van der Waals surface area contributed by atoms with Crippen LogP contribution in [-0.2, 0) is 9.53 Å². The number of rotatable bonds is 5. The molecule has 1 aromatic carbocycles. The van der Waals surface area contributed by atoms with Crippen molar-refractivity contribution in [3.05, 3.63) is 48.3 Å². The molecule has 0 radical (unpaired) electrons. The standard InChI is InChI=1S/C23H28N2O4/c1-16-7-9-17(10-8-16)22(26)25(19-11-12-29-15-19)21-14-24(13-20(21)23(27)28)18-5-3-2-4-6-18/h2-6,13-14,16-17,19H,7-12,15H2,1H3,(H,27,28)/t16-,17-,19?. The summed E-state index contributed by atoms with van der Waals surface area (Å²) in [7, 11) is 0. The van der Waals surface area contributed by atoms with Gasteiger partial charge < -0.3 is 19.3 Å².